The predicted molar refractivity (Wildman–Crippen MR) is 49.1 cm³/mol. The Bertz CT molecular complexity index is 276. The van der Waals surface area contributed by atoms with E-state index >= 15 is 0 Å². The molecule has 7 nitrogen and oxygen atoms in total. The molecule has 0 spiro atoms. The fraction of sp³-hybridized carbons (Fsp3) is 0.750. The smallest absolute Gasteiger partial charge is 0.310 e. The van der Waals surface area contributed by atoms with Crippen LogP contribution in [0.5, 0.6) is 0 Å². The van der Waals surface area contributed by atoms with E-state index in [0.717, 1.165) is 0 Å². The van der Waals surface area contributed by atoms with E-state index in [2.05, 4.69) is 0 Å². The van der Waals surface area contributed by atoms with E-state index in [1.807, 2.05) is 0 Å². The fourth-order valence-electron chi connectivity index (χ4n) is 1.19. The third-order valence-electron chi connectivity index (χ3n) is 2.08. The number of carbonyl (C=O) groups is 2. The van der Waals surface area contributed by atoms with Crippen LogP contribution >= 0.6 is 0 Å². The van der Waals surface area contributed by atoms with Gasteiger partial charge in [0.2, 0.25) is 5.54 Å². The van der Waals surface area contributed by atoms with E-state index < -0.39 is 28.8 Å². The Morgan fingerprint density at radius 2 is 1.87 bits per heavy atom. The van der Waals surface area contributed by atoms with Gasteiger partial charge in [0.1, 0.15) is 6.42 Å². The molecule has 86 valence electrons. The van der Waals surface area contributed by atoms with Crippen LogP contribution in [0.1, 0.15) is 32.6 Å². The summed E-state index contributed by atoms with van der Waals surface area (Å²) in [5.74, 6) is -2.31. The van der Waals surface area contributed by atoms with E-state index in [0.29, 0.717) is 0 Å². The molecule has 1 unspecified atom stereocenters. The van der Waals surface area contributed by atoms with Crippen molar-refractivity contribution in [3.05, 3.63) is 10.1 Å². The summed E-state index contributed by atoms with van der Waals surface area (Å²) in [7, 11) is 0. The Kier molecular flexibility index (Phi) is 4.69. The van der Waals surface area contributed by atoms with E-state index in [1.54, 1.807) is 0 Å². The first kappa shape index (κ1) is 13.3. The number of nitro groups is 1. The third kappa shape index (κ3) is 4.94. The van der Waals surface area contributed by atoms with Crippen molar-refractivity contribution in [1.82, 2.24) is 0 Å². The Morgan fingerprint density at radius 1 is 1.33 bits per heavy atom. The Labute approximate surface area is 85.9 Å². The molecule has 15 heavy (non-hydrogen) atoms. The van der Waals surface area contributed by atoms with Gasteiger partial charge in [0, 0.05) is 24.7 Å². The predicted octanol–water partition coefficient (Wildman–Crippen LogP) is 0.751. The molecule has 7 heteroatoms. The maximum absolute atomic E-state index is 10.6. The molecule has 0 bridgehead atoms. The molecule has 0 aromatic heterocycles. The molecule has 0 amide bonds. The maximum atomic E-state index is 10.6. The number of rotatable bonds is 7. The van der Waals surface area contributed by atoms with Gasteiger partial charge in [-0.15, -0.1) is 0 Å². The lowest BCUT2D eigenvalue weighted by molar-refractivity contribution is -0.565. The van der Waals surface area contributed by atoms with Gasteiger partial charge in [0.15, 0.2) is 0 Å². The van der Waals surface area contributed by atoms with Crippen molar-refractivity contribution in [3.8, 4) is 0 Å². The maximum Gasteiger partial charge on any atom is 0.310 e. The molecule has 0 saturated heterocycles. The summed E-state index contributed by atoms with van der Waals surface area (Å²) in [4.78, 5) is 30.6. The van der Waals surface area contributed by atoms with Crippen LogP contribution in [-0.4, -0.2) is 32.6 Å². The van der Waals surface area contributed by atoms with Crippen molar-refractivity contribution in [2.24, 2.45) is 0 Å². The van der Waals surface area contributed by atoms with Gasteiger partial charge in [-0.2, -0.15) is 0 Å². The molecule has 0 aliphatic heterocycles. The third-order valence-corrected chi connectivity index (χ3v) is 2.08. The number of carboxylic acids is 2. The average Bonchev–Trinajstić information content (AvgIpc) is 2.01. The zero-order valence-corrected chi connectivity index (χ0v) is 8.30. The summed E-state index contributed by atoms with van der Waals surface area (Å²) in [5.41, 5.74) is -1.58. The Hall–Kier alpha value is -1.66. The Balaban J connectivity index is 4.32. The first-order chi connectivity index (χ1) is 6.78. The number of hydrogen-bond donors (Lipinski definition) is 2. The number of aliphatic carboxylic acids is 2. The first-order valence-electron chi connectivity index (χ1n) is 4.36. The van der Waals surface area contributed by atoms with Crippen LogP contribution in [0, 0.1) is 10.1 Å². The quantitative estimate of drug-likeness (QED) is 0.481. The number of nitrogens with zero attached hydrogens (tertiary/aromatic N) is 1. The van der Waals surface area contributed by atoms with Crippen LogP contribution in [-0.2, 0) is 9.59 Å². The van der Waals surface area contributed by atoms with Gasteiger partial charge < -0.3 is 10.2 Å². The zero-order chi connectivity index (χ0) is 12.1. The molecule has 0 fully saturated rings. The normalized spacial score (nSPS) is 14.2. The van der Waals surface area contributed by atoms with Gasteiger partial charge >= 0.3 is 11.9 Å². The fourth-order valence-corrected chi connectivity index (χ4v) is 1.19. The zero-order valence-electron chi connectivity index (χ0n) is 8.30. The largest absolute Gasteiger partial charge is 0.481 e. The van der Waals surface area contributed by atoms with Gasteiger partial charge in [-0.1, -0.05) is 0 Å². The molecule has 0 aliphatic carbocycles. The van der Waals surface area contributed by atoms with E-state index in [-0.39, 0.29) is 19.3 Å². The Morgan fingerprint density at radius 3 is 2.20 bits per heavy atom. The molecule has 0 rings (SSSR count). The van der Waals surface area contributed by atoms with Crippen LogP contribution in [0.3, 0.4) is 0 Å². The van der Waals surface area contributed by atoms with Crippen molar-refractivity contribution in [1.29, 1.82) is 0 Å². The molecule has 0 saturated carbocycles. The minimum absolute atomic E-state index is 0.0569. The topological polar surface area (TPSA) is 118 Å². The summed E-state index contributed by atoms with van der Waals surface area (Å²) in [6.45, 7) is 1.21. The molecular weight excluding hydrogens is 206 g/mol. The second-order valence-electron chi connectivity index (χ2n) is 3.57. The van der Waals surface area contributed by atoms with E-state index in [1.165, 1.54) is 6.92 Å². The summed E-state index contributed by atoms with van der Waals surface area (Å²) in [5, 5.41) is 27.5. The lowest BCUT2D eigenvalue weighted by atomic mass is 9.92. The molecular formula is C8H13NO6. The standard InChI is InChI=1S/C8H13NO6/c1-8(9(14)15,5-7(12)13)4-2-3-6(10)11/h2-5H2,1H3,(H,10,11)(H,12,13). The van der Waals surface area contributed by atoms with Crippen LogP contribution < -0.4 is 0 Å². The summed E-state index contributed by atoms with van der Waals surface area (Å²) >= 11 is 0. The van der Waals surface area contributed by atoms with Crippen LogP contribution in [0.2, 0.25) is 0 Å². The highest BCUT2D eigenvalue weighted by Crippen LogP contribution is 2.22. The second-order valence-corrected chi connectivity index (χ2v) is 3.57. The summed E-state index contributed by atoms with van der Waals surface area (Å²) in [6.07, 6.45) is -0.749. The SMILES string of the molecule is CC(CCCC(=O)O)(CC(=O)O)[N+](=O)[O-]. The van der Waals surface area contributed by atoms with Gasteiger partial charge in [0.05, 0.1) is 0 Å². The summed E-state index contributed by atoms with van der Waals surface area (Å²) < 4.78 is 0. The van der Waals surface area contributed by atoms with Gasteiger partial charge in [0.25, 0.3) is 0 Å². The van der Waals surface area contributed by atoms with Crippen LogP contribution in [0.15, 0.2) is 0 Å². The van der Waals surface area contributed by atoms with E-state index in [9.17, 15) is 19.7 Å². The van der Waals surface area contributed by atoms with Gasteiger partial charge in [-0.25, -0.2) is 0 Å². The van der Waals surface area contributed by atoms with Crippen LogP contribution in [0.25, 0.3) is 0 Å². The minimum atomic E-state index is -1.58. The molecule has 0 aromatic rings. The van der Waals surface area contributed by atoms with E-state index in [4.69, 9.17) is 10.2 Å². The average molecular weight is 219 g/mol. The number of hydrogen-bond acceptors (Lipinski definition) is 4. The van der Waals surface area contributed by atoms with Gasteiger partial charge in [-0.05, 0) is 6.42 Å². The first-order valence-corrected chi connectivity index (χ1v) is 4.36. The lowest BCUT2D eigenvalue weighted by Gasteiger charge is -2.18. The minimum Gasteiger partial charge on any atom is -0.481 e. The molecule has 1 atom stereocenters. The molecule has 0 aliphatic rings. The highest BCUT2D eigenvalue weighted by molar-refractivity contribution is 5.68. The van der Waals surface area contributed by atoms with Crippen molar-refractivity contribution in [3.63, 3.8) is 0 Å². The molecule has 0 heterocycles. The second kappa shape index (κ2) is 5.28. The monoisotopic (exact) mass is 219 g/mol. The highest BCUT2D eigenvalue weighted by atomic mass is 16.6. The van der Waals surface area contributed by atoms with Crippen molar-refractivity contribution in [2.75, 3.05) is 0 Å². The lowest BCUT2D eigenvalue weighted by Crippen LogP contribution is -2.37. The number of carboxylic acid groups (broad SMARTS) is 2. The molecule has 2 N–H and O–H groups in total. The highest BCUT2D eigenvalue weighted by Gasteiger charge is 2.39. The summed E-state index contributed by atoms with van der Waals surface area (Å²) in [6, 6.07) is 0. The van der Waals surface area contributed by atoms with Crippen molar-refractivity contribution >= 4 is 11.9 Å². The van der Waals surface area contributed by atoms with Crippen molar-refractivity contribution < 1.29 is 24.7 Å². The van der Waals surface area contributed by atoms with Crippen molar-refractivity contribution in [2.45, 2.75) is 38.1 Å². The molecule has 0 aromatic carbocycles. The van der Waals surface area contributed by atoms with Crippen LogP contribution in [0.4, 0.5) is 0 Å². The molecule has 0 radical (unpaired) electrons. The van der Waals surface area contributed by atoms with Gasteiger partial charge in [-0.3, -0.25) is 19.7 Å².